The van der Waals surface area contributed by atoms with Gasteiger partial charge in [-0.3, -0.25) is 0 Å². The summed E-state index contributed by atoms with van der Waals surface area (Å²) in [5, 5.41) is 4.36. The summed E-state index contributed by atoms with van der Waals surface area (Å²) in [4.78, 5) is 6.60. The Morgan fingerprint density at radius 2 is 2.11 bits per heavy atom. The van der Waals surface area contributed by atoms with E-state index in [1.54, 1.807) is 7.11 Å². The van der Waals surface area contributed by atoms with E-state index in [0.717, 1.165) is 30.6 Å². The molecule has 0 saturated heterocycles. The summed E-state index contributed by atoms with van der Waals surface area (Å²) in [6.07, 6.45) is -0.0394. The van der Waals surface area contributed by atoms with Crippen LogP contribution in [0.1, 0.15) is 32.7 Å². The first kappa shape index (κ1) is 15.3. The highest BCUT2D eigenvalue weighted by Gasteiger charge is 2.13. The zero-order valence-corrected chi connectivity index (χ0v) is 12.8. The van der Waals surface area contributed by atoms with Gasteiger partial charge in [-0.15, -0.1) is 0 Å². The summed E-state index contributed by atoms with van der Waals surface area (Å²) >= 11 is 1.42. The summed E-state index contributed by atoms with van der Waals surface area (Å²) in [6, 6.07) is 0. The topological polar surface area (TPSA) is 50.3 Å². The van der Waals surface area contributed by atoms with Crippen molar-refractivity contribution in [3.8, 4) is 0 Å². The molecule has 6 heteroatoms. The second-order valence-electron chi connectivity index (χ2n) is 4.83. The minimum absolute atomic E-state index is 0.0394. The van der Waals surface area contributed by atoms with Crippen molar-refractivity contribution in [1.82, 2.24) is 14.7 Å². The molecule has 1 aromatic heterocycles. The summed E-state index contributed by atoms with van der Waals surface area (Å²) in [5.74, 6) is 1.45. The molecular weight excluding hydrogens is 248 g/mol. The lowest BCUT2D eigenvalue weighted by Crippen LogP contribution is -2.31. The van der Waals surface area contributed by atoms with Crippen molar-refractivity contribution in [1.29, 1.82) is 0 Å². The van der Waals surface area contributed by atoms with Crippen molar-refractivity contribution in [2.24, 2.45) is 5.92 Å². The molecule has 0 aromatic carbocycles. The van der Waals surface area contributed by atoms with E-state index in [4.69, 9.17) is 4.74 Å². The number of hydrogen-bond donors (Lipinski definition) is 1. The van der Waals surface area contributed by atoms with Crippen LogP contribution >= 0.6 is 11.5 Å². The van der Waals surface area contributed by atoms with Crippen molar-refractivity contribution in [2.75, 3.05) is 38.7 Å². The van der Waals surface area contributed by atoms with E-state index in [9.17, 15) is 0 Å². The molecule has 1 rings (SSSR count). The third kappa shape index (κ3) is 4.88. The van der Waals surface area contributed by atoms with E-state index < -0.39 is 0 Å². The Bertz CT molecular complexity index is 343. The Labute approximate surface area is 114 Å². The number of methoxy groups -OCH3 is 1. The van der Waals surface area contributed by atoms with E-state index in [1.165, 1.54) is 11.5 Å². The van der Waals surface area contributed by atoms with Crippen LogP contribution in [0.5, 0.6) is 0 Å². The number of nitrogens with zero attached hydrogens (tertiary/aromatic N) is 3. The lowest BCUT2D eigenvalue weighted by atomic mass is 10.2. The van der Waals surface area contributed by atoms with Crippen LogP contribution in [0.4, 0.5) is 5.13 Å². The number of aromatic nitrogens is 2. The van der Waals surface area contributed by atoms with Crippen LogP contribution in [-0.2, 0) is 4.74 Å². The third-order valence-electron chi connectivity index (χ3n) is 2.65. The van der Waals surface area contributed by atoms with Crippen molar-refractivity contribution >= 4 is 16.7 Å². The molecule has 0 saturated carbocycles. The van der Waals surface area contributed by atoms with Gasteiger partial charge in [-0.25, -0.2) is 4.98 Å². The second kappa shape index (κ2) is 7.66. The molecule has 0 spiro atoms. The maximum atomic E-state index is 5.20. The number of anilines is 1. The zero-order valence-electron chi connectivity index (χ0n) is 11.9. The molecule has 1 aromatic rings. The molecule has 0 amide bonds. The Morgan fingerprint density at radius 1 is 1.39 bits per heavy atom. The molecule has 1 atom stereocenters. The van der Waals surface area contributed by atoms with Crippen LogP contribution in [0.25, 0.3) is 0 Å². The standard InChI is InChI=1S/C12H24N4OS/c1-9(2)8-13-6-7-16(4)12-14-11(15-18-12)10(3)17-5/h9-10,13H,6-8H2,1-5H3. The highest BCUT2D eigenvalue weighted by Crippen LogP contribution is 2.20. The molecule has 0 fully saturated rings. The predicted octanol–water partition coefficient (Wildman–Crippen LogP) is 1.93. The molecular formula is C12H24N4OS. The number of nitrogens with one attached hydrogen (secondary N) is 1. The van der Waals surface area contributed by atoms with Crippen molar-refractivity contribution < 1.29 is 4.74 Å². The van der Waals surface area contributed by atoms with E-state index in [-0.39, 0.29) is 6.10 Å². The molecule has 18 heavy (non-hydrogen) atoms. The van der Waals surface area contributed by atoms with Crippen molar-refractivity contribution in [3.63, 3.8) is 0 Å². The van der Waals surface area contributed by atoms with Crippen LogP contribution < -0.4 is 10.2 Å². The Kier molecular flexibility index (Phi) is 6.52. The SMILES string of the molecule is COC(C)c1nsc(N(C)CCNCC(C)C)n1. The first-order chi connectivity index (χ1) is 8.54. The summed E-state index contributed by atoms with van der Waals surface area (Å²) in [5.41, 5.74) is 0. The highest BCUT2D eigenvalue weighted by atomic mass is 32.1. The van der Waals surface area contributed by atoms with Crippen LogP contribution in [0.15, 0.2) is 0 Å². The molecule has 0 aliphatic carbocycles. The molecule has 0 aliphatic rings. The number of hydrogen-bond acceptors (Lipinski definition) is 6. The van der Waals surface area contributed by atoms with Gasteiger partial charge in [0, 0.05) is 38.8 Å². The molecule has 0 radical (unpaired) electrons. The van der Waals surface area contributed by atoms with Crippen molar-refractivity contribution in [3.05, 3.63) is 5.82 Å². The zero-order chi connectivity index (χ0) is 13.5. The van der Waals surface area contributed by atoms with Gasteiger partial charge in [0.25, 0.3) is 0 Å². The first-order valence-corrected chi connectivity index (χ1v) is 7.10. The van der Waals surface area contributed by atoms with Gasteiger partial charge in [0.1, 0.15) is 6.10 Å². The summed E-state index contributed by atoms with van der Waals surface area (Å²) in [6.45, 7) is 9.32. The number of ether oxygens (including phenoxy) is 1. The normalized spacial score (nSPS) is 13.0. The quantitative estimate of drug-likeness (QED) is 0.733. The average Bonchev–Trinajstić information content (AvgIpc) is 2.82. The van der Waals surface area contributed by atoms with E-state index >= 15 is 0 Å². The van der Waals surface area contributed by atoms with Crippen LogP contribution in [0, 0.1) is 5.92 Å². The lowest BCUT2D eigenvalue weighted by molar-refractivity contribution is 0.113. The minimum Gasteiger partial charge on any atom is -0.374 e. The average molecular weight is 272 g/mol. The van der Waals surface area contributed by atoms with E-state index in [1.807, 2.05) is 14.0 Å². The molecule has 104 valence electrons. The molecule has 5 nitrogen and oxygen atoms in total. The summed E-state index contributed by atoms with van der Waals surface area (Å²) < 4.78 is 9.51. The van der Waals surface area contributed by atoms with Gasteiger partial charge in [0.2, 0.25) is 5.13 Å². The number of rotatable bonds is 8. The Balaban J connectivity index is 2.37. The van der Waals surface area contributed by atoms with Crippen molar-refractivity contribution in [2.45, 2.75) is 26.9 Å². The largest absolute Gasteiger partial charge is 0.374 e. The molecule has 1 N–H and O–H groups in total. The smallest absolute Gasteiger partial charge is 0.205 e. The van der Waals surface area contributed by atoms with Crippen LogP contribution in [0.2, 0.25) is 0 Å². The Hall–Kier alpha value is -0.720. The lowest BCUT2D eigenvalue weighted by Gasteiger charge is -2.16. The fourth-order valence-corrected chi connectivity index (χ4v) is 2.11. The number of likely N-dealkylation sites (N-methyl/N-ethyl adjacent to an activating group) is 1. The second-order valence-corrected chi connectivity index (χ2v) is 5.56. The fourth-order valence-electron chi connectivity index (χ4n) is 1.39. The minimum atomic E-state index is -0.0394. The molecule has 1 heterocycles. The van der Waals surface area contributed by atoms with Crippen LogP contribution in [-0.4, -0.2) is 43.1 Å². The van der Waals surface area contributed by atoms with Gasteiger partial charge >= 0.3 is 0 Å². The van der Waals surface area contributed by atoms with E-state index in [2.05, 4.69) is 33.4 Å². The maximum Gasteiger partial charge on any atom is 0.205 e. The Morgan fingerprint density at radius 3 is 2.72 bits per heavy atom. The third-order valence-corrected chi connectivity index (χ3v) is 3.50. The maximum absolute atomic E-state index is 5.20. The van der Waals surface area contributed by atoms with Gasteiger partial charge in [-0.2, -0.15) is 4.37 Å². The molecule has 1 unspecified atom stereocenters. The van der Waals surface area contributed by atoms with Gasteiger partial charge < -0.3 is 15.0 Å². The van der Waals surface area contributed by atoms with Crippen LogP contribution in [0.3, 0.4) is 0 Å². The van der Waals surface area contributed by atoms with Gasteiger partial charge in [-0.05, 0) is 19.4 Å². The van der Waals surface area contributed by atoms with E-state index in [0.29, 0.717) is 5.92 Å². The monoisotopic (exact) mass is 272 g/mol. The highest BCUT2D eigenvalue weighted by molar-refractivity contribution is 7.09. The fraction of sp³-hybridized carbons (Fsp3) is 0.833. The molecule has 0 bridgehead atoms. The van der Waals surface area contributed by atoms with Gasteiger partial charge in [0.15, 0.2) is 5.82 Å². The van der Waals surface area contributed by atoms with Gasteiger partial charge in [0.05, 0.1) is 0 Å². The first-order valence-electron chi connectivity index (χ1n) is 6.32. The predicted molar refractivity (Wildman–Crippen MR) is 76.3 cm³/mol. The van der Waals surface area contributed by atoms with Gasteiger partial charge in [-0.1, -0.05) is 13.8 Å². The molecule has 0 aliphatic heterocycles. The summed E-state index contributed by atoms with van der Waals surface area (Å²) in [7, 11) is 3.71.